The summed E-state index contributed by atoms with van der Waals surface area (Å²) >= 11 is 0. The van der Waals surface area contributed by atoms with Crippen molar-refractivity contribution in [2.45, 2.75) is 19.0 Å². The van der Waals surface area contributed by atoms with Crippen molar-refractivity contribution in [3.05, 3.63) is 84.3 Å². The van der Waals surface area contributed by atoms with Crippen molar-refractivity contribution in [3.8, 4) is 16.9 Å². The maximum absolute atomic E-state index is 11.7. The molecule has 0 radical (unpaired) electrons. The zero-order chi connectivity index (χ0) is 21.9. The first-order valence-electron chi connectivity index (χ1n) is 10.6. The highest BCUT2D eigenvalue weighted by molar-refractivity contribution is 5.86. The third-order valence-electron chi connectivity index (χ3n) is 5.78. The standard InChI is InChI=1S/C24H24N6O2/c1-32-24(31)22-17-30(27-25-22)21-12-13-28(16-21)14-19-15-29(20-10-6-3-7-11-20)26-23(19)18-8-4-2-5-9-18/h2-11,15,17,21H,12-14,16H2,1H3/t21-/m1/s1. The van der Waals surface area contributed by atoms with Gasteiger partial charge in [0, 0.05) is 37.0 Å². The monoisotopic (exact) mass is 428 g/mol. The van der Waals surface area contributed by atoms with E-state index in [1.54, 1.807) is 10.9 Å². The van der Waals surface area contributed by atoms with E-state index >= 15 is 0 Å². The minimum atomic E-state index is -0.466. The zero-order valence-corrected chi connectivity index (χ0v) is 17.8. The van der Waals surface area contributed by atoms with Crippen molar-refractivity contribution in [2.75, 3.05) is 20.2 Å². The van der Waals surface area contributed by atoms with E-state index in [1.807, 2.05) is 41.1 Å². The first-order valence-corrected chi connectivity index (χ1v) is 10.6. The van der Waals surface area contributed by atoms with E-state index in [0.717, 1.165) is 43.0 Å². The molecule has 8 nitrogen and oxygen atoms in total. The molecular formula is C24H24N6O2. The number of rotatable bonds is 6. The molecule has 0 amide bonds. The third kappa shape index (κ3) is 4.04. The number of hydrogen-bond donors (Lipinski definition) is 0. The number of ether oxygens (including phenoxy) is 1. The minimum absolute atomic E-state index is 0.172. The van der Waals surface area contributed by atoms with E-state index in [4.69, 9.17) is 9.84 Å². The number of nitrogens with zero attached hydrogens (tertiary/aromatic N) is 6. The number of aromatic nitrogens is 5. The molecule has 8 heteroatoms. The molecule has 162 valence electrons. The van der Waals surface area contributed by atoms with Crippen molar-refractivity contribution < 1.29 is 9.53 Å². The van der Waals surface area contributed by atoms with Crippen LogP contribution in [0.4, 0.5) is 0 Å². The molecule has 2 aromatic carbocycles. The fraction of sp³-hybridized carbons (Fsp3) is 0.250. The van der Waals surface area contributed by atoms with Gasteiger partial charge in [0.15, 0.2) is 5.69 Å². The molecule has 3 heterocycles. The second-order valence-electron chi connectivity index (χ2n) is 7.90. The van der Waals surface area contributed by atoms with Crippen molar-refractivity contribution in [1.82, 2.24) is 29.7 Å². The molecule has 2 aromatic heterocycles. The average molecular weight is 428 g/mol. The van der Waals surface area contributed by atoms with Crippen LogP contribution in [0.5, 0.6) is 0 Å². The van der Waals surface area contributed by atoms with Crippen LogP contribution in [0.1, 0.15) is 28.5 Å². The number of carbonyl (C=O) groups is 1. The van der Waals surface area contributed by atoms with Crippen LogP contribution in [0.2, 0.25) is 0 Å². The fourth-order valence-corrected chi connectivity index (χ4v) is 4.14. The van der Waals surface area contributed by atoms with Crippen molar-refractivity contribution in [3.63, 3.8) is 0 Å². The van der Waals surface area contributed by atoms with Gasteiger partial charge >= 0.3 is 5.97 Å². The summed E-state index contributed by atoms with van der Waals surface area (Å²) in [5.41, 5.74) is 4.54. The maximum Gasteiger partial charge on any atom is 0.360 e. The average Bonchev–Trinajstić information content (AvgIpc) is 3.60. The summed E-state index contributed by atoms with van der Waals surface area (Å²) in [6, 6.07) is 20.6. The summed E-state index contributed by atoms with van der Waals surface area (Å²) in [5.74, 6) is -0.466. The number of likely N-dealkylation sites (tertiary alicyclic amines) is 1. The SMILES string of the molecule is COC(=O)c1cn([C@@H]2CCN(Cc3cn(-c4ccccc4)nc3-c3ccccc3)C2)nn1. The Morgan fingerprint density at radius 2 is 1.81 bits per heavy atom. The first-order chi connectivity index (χ1) is 15.7. The van der Waals surface area contributed by atoms with Crippen molar-refractivity contribution in [2.24, 2.45) is 0 Å². The molecule has 0 aliphatic carbocycles. The normalized spacial score (nSPS) is 16.3. The molecule has 1 atom stereocenters. The lowest BCUT2D eigenvalue weighted by Gasteiger charge is -2.16. The highest BCUT2D eigenvalue weighted by Gasteiger charge is 2.27. The number of methoxy groups -OCH3 is 1. The van der Waals surface area contributed by atoms with Gasteiger partial charge in [-0.2, -0.15) is 5.10 Å². The van der Waals surface area contributed by atoms with Crippen molar-refractivity contribution >= 4 is 5.97 Å². The molecule has 1 aliphatic rings. The second kappa shape index (κ2) is 8.76. The number of para-hydroxylation sites is 1. The van der Waals surface area contributed by atoms with E-state index in [2.05, 4.69) is 45.7 Å². The predicted molar refractivity (Wildman–Crippen MR) is 119 cm³/mol. The van der Waals surface area contributed by atoms with E-state index in [1.165, 1.54) is 12.7 Å². The van der Waals surface area contributed by atoms with Gasteiger partial charge < -0.3 is 4.74 Å². The van der Waals surface area contributed by atoms with Crippen LogP contribution in [0.25, 0.3) is 16.9 Å². The largest absolute Gasteiger partial charge is 0.464 e. The van der Waals surface area contributed by atoms with Crippen LogP contribution in [-0.4, -0.2) is 55.8 Å². The van der Waals surface area contributed by atoms with E-state index in [9.17, 15) is 4.79 Å². The van der Waals surface area contributed by atoms with Crippen LogP contribution in [0.15, 0.2) is 73.1 Å². The Kier molecular flexibility index (Phi) is 5.51. The topological polar surface area (TPSA) is 78.1 Å². The number of hydrogen-bond acceptors (Lipinski definition) is 6. The van der Waals surface area contributed by atoms with E-state index in [0.29, 0.717) is 0 Å². The molecular weight excluding hydrogens is 404 g/mol. The Bertz CT molecular complexity index is 1200. The number of carbonyl (C=O) groups excluding carboxylic acids is 1. The van der Waals surface area contributed by atoms with Gasteiger partial charge in [-0.1, -0.05) is 53.7 Å². The minimum Gasteiger partial charge on any atom is -0.464 e. The summed E-state index contributed by atoms with van der Waals surface area (Å²) in [7, 11) is 1.35. The Balaban J connectivity index is 1.37. The molecule has 1 fully saturated rings. The Morgan fingerprint density at radius 3 is 2.56 bits per heavy atom. The van der Waals surface area contributed by atoms with Gasteiger partial charge in [-0.05, 0) is 18.6 Å². The first kappa shape index (κ1) is 20.1. The molecule has 1 saturated heterocycles. The Hall–Kier alpha value is -3.78. The highest BCUT2D eigenvalue weighted by atomic mass is 16.5. The molecule has 0 unspecified atom stereocenters. The Morgan fingerprint density at radius 1 is 1.06 bits per heavy atom. The van der Waals surface area contributed by atoms with Crippen LogP contribution < -0.4 is 0 Å². The van der Waals surface area contributed by atoms with E-state index in [-0.39, 0.29) is 11.7 Å². The van der Waals surface area contributed by atoms with Gasteiger partial charge in [0.1, 0.15) is 0 Å². The van der Waals surface area contributed by atoms with Gasteiger partial charge in [-0.15, -0.1) is 5.10 Å². The molecule has 4 aromatic rings. The summed E-state index contributed by atoms with van der Waals surface area (Å²) in [6.07, 6.45) is 4.73. The van der Waals surface area contributed by atoms with Gasteiger partial charge in [-0.25, -0.2) is 14.2 Å². The van der Waals surface area contributed by atoms with Gasteiger partial charge in [0.05, 0.1) is 30.7 Å². The van der Waals surface area contributed by atoms with Crippen LogP contribution in [0, 0.1) is 0 Å². The molecule has 0 N–H and O–H groups in total. The smallest absolute Gasteiger partial charge is 0.360 e. The quantitative estimate of drug-likeness (QED) is 0.438. The predicted octanol–water partition coefficient (Wildman–Crippen LogP) is 3.36. The van der Waals surface area contributed by atoms with Gasteiger partial charge in [0.2, 0.25) is 0 Å². The molecule has 1 aliphatic heterocycles. The summed E-state index contributed by atoms with van der Waals surface area (Å²) in [6.45, 7) is 2.55. The molecule has 5 rings (SSSR count). The molecule has 0 spiro atoms. The molecule has 0 saturated carbocycles. The molecule has 0 bridgehead atoms. The molecule has 32 heavy (non-hydrogen) atoms. The van der Waals surface area contributed by atoms with Crippen molar-refractivity contribution in [1.29, 1.82) is 0 Å². The lowest BCUT2D eigenvalue weighted by molar-refractivity contribution is 0.0594. The summed E-state index contributed by atoms with van der Waals surface area (Å²) in [4.78, 5) is 14.1. The lowest BCUT2D eigenvalue weighted by atomic mass is 10.1. The summed E-state index contributed by atoms with van der Waals surface area (Å²) < 4.78 is 8.46. The van der Waals surface area contributed by atoms with Gasteiger partial charge in [0.25, 0.3) is 0 Å². The van der Waals surface area contributed by atoms with Crippen LogP contribution in [-0.2, 0) is 11.3 Å². The zero-order valence-electron chi connectivity index (χ0n) is 17.8. The number of esters is 1. The van der Waals surface area contributed by atoms with Crippen LogP contribution >= 0.6 is 0 Å². The van der Waals surface area contributed by atoms with E-state index < -0.39 is 5.97 Å². The van der Waals surface area contributed by atoms with Gasteiger partial charge in [-0.3, -0.25) is 4.90 Å². The summed E-state index contributed by atoms with van der Waals surface area (Å²) in [5, 5.41) is 13.0. The number of benzene rings is 2. The Labute approximate surface area is 186 Å². The lowest BCUT2D eigenvalue weighted by Crippen LogP contribution is -2.21. The second-order valence-corrected chi connectivity index (χ2v) is 7.90. The highest BCUT2D eigenvalue weighted by Crippen LogP contribution is 2.28. The fourth-order valence-electron chi connectivity index (χ4n) is 4.14. The third-order valence-corrected chi connectivity index (χ3v) is 5.78. The van der Waals surface area contributed by atoms with Crippen LogP contribution in [0.3, 0.4) is 0 Å². The maximum atomic E-state index is 11.7.